The number of hydrogen-bond acceptors (Lipinski definition) is 9. The first-order valence-electron chi connectivity index (χ1n) is 9.47. The van der Waals surface area contributed by atoms with Crippen LogP contribution < -0.4 is 10.2 Å². The van der Waals surface area contributed by atoms with Crippen molar-refractivity contribution in [3.63, 3.8) is 0 Å². The Bertz CT molecular complexity index is 892. The van der Waals surface area contributed by atoms with Gasteiger partial charge in [0, 0.05) is 44.0 Å². The molecule has 0 bridgehead atoms. The number of hydrogen-bond donors (Lipinski definition) is 1. The summed E-state index contributed by atoms with van der Waals surface area (Å²) in [6, 6.07) is 4.92. The zero-order valence-corrected chi connectivity index (χ0v) is 17.6. The lowest BCUT2D eigenvalue weighted by Crippen LogP contribution is -2.74. The van der Waals surface area contributed by atoms with E-state index < -0.39 is 0 Å². The van der Waals surface area contributed by atoms with Gasteiger partial charge in [0.25, 0.3) is 0 Å². The van der Waals surface area contributed by atoms with Gasteiger partial charge in [-0.1, -0.05) is 0 Å². The number of nitriles is 1. The largest absolute Gasteiger partial charge is 0.352 e. The van der Waals surface area contributed by atoms with Crippen molar-refractivity contribution >= 4 is 28.3 Å². The molecule has 2 aromatic heterocycles. The number of rotatable bonds is 6. The van der Waals surface area contributed by atoms with E-state index in [0.717, 1.165) is 48.3 Å². The van der Waals surface area contributed by atoms with Crippen molar-refractivity contribution in [1.82, 2.24) is 24.1 Å². The van der Waals surface area contributed by atoms with Crippen molar-refractivity contribution in [2.75, 3.05) is 50.5 Å². The van der Waals surface area contributed by atoms with Gasteiger partial charge in [-0.2, -0.15) is 14.6 Å². The molecule has 28 heavy (non-hydrogen) atoms. The Labute approximate surface area is 170 Å². The summed E-state index contributed by atoms with van der Waals surface area (Å²) in [4.78, 5) is 16.2. The summed E-state index contributed by atoms with van der Waals surface area (Å²) in [6.45, 7) is 7.76. The second kappa shape index (κ2) is 7.28. The molecule has 148 valence electrons. The summed E-state index contributed by atoms with van der Waals surface area (Å²) in [5.74, 6) is 1.52. The normalized spacial score (nSPS) is 19.2. The fourth-order valence-electron chi connectivity index (χ4n) is 4.07. The molecule has 0 spiro atoms. The molecule has 0 atom stereocenters. The molecule has 8 nitrogen and oxygen atoms in total. The van der Waals surface area contributed by atoms with E-state index in [-0.39, 0.29) is 5.54 Å². The zero-order valence-electron chi connectivity index (χ0n) is 16.8. The maximum absolute atomic E-state index is 9.42. The van der Waals surface area contributed by atoms with Crippen molar-refractivity contribution in [3.8, 4) is 6.07 Å². The minimum absolute atomic E-state index is 0.0968. The first-order chi connectivity index (χ1) is 13.4. The number of anilines is 3. The summed E-state index contributed by atoms with van der Waals surface area (Å²) in [5, 5.41) is 13.6. The fraction of sp³-hybridized carbons (Fsp3) is 0.579. The van der Waals surface area contributed by atoms with Gasteiger partial charge in [-0.05, 0) is 45.5 Å². The van der Waals surface area contributed by atoms with Crippen LogP contribution in [-0.2, 0) is 0 Å². The van der Waals surface area contributed by atoms with Crippen LogP contribution in [0, 0.1) is 25.2 Å². The molecule has 2 aromatic rings. The summed E-state index contributed by atoms with van der Waals surface area (Å²) >= 11 is 1.40. The molecule has 0 amide bonds. The second-order valence-electron chi connectivity index (χ2n) is 8.06. The molecule has 2 fully saturated rings. The molecule has 2 saturated heterocycles. The number of likely N-dealkylation sites (N-methyl/N-ethyl adjacent to an activating group) is 2. The Kier molecular flexibility index (Phi) is 4.95. The quantitative estimate of drug-likeness (QED) is 0.791. The van der Waals surface area contributed by atoms with E-state index in [2.05, 4.69) is 49.5 Å². The van der Waals surface area contributed by atoms with E-state index in [1.165, 1.54) is 11.5 Å². The number of aryl methyl sites for hydroxylation is 2. The molecule has 2 aliphatic heterocycles. The lowest BCUT2D eigenvalue weighted by Gasteiger charge is -2.59. The van der Waals surface area contributed by atoms with Gasteiger partial charge in [0.05, 0.1) is 23.7 Å². The third-order valence-electron chi connectivity index (χ3n) is 5.83. The summed E-state index contributed by atoms with van der Waals surface area (Å²) in [6.07, 6.45) is 2.39. The Morgan fingerprint density at radius 3 is 2.75 bits per heavy atom. The standard InChI is InChI=1S/C19H26N8S/c1-13-8-21-18(22-16-7-14(2)24-28-16)23-17(13)27-11-19(12-27,5-6-20)26(4)15-9-25(3)10-15/h7-8,15H,5,9-12H2,1-4H3,(H,21,22,23). The SMILES string of the molecule is Cc1cc(Nc2ncc(C)c(N3CC(CC#N)(N(C)C4CN(C)C4)C3)n2)sn1. The third kappa shape index (κ3) is 3.43. The number of nitrogens with one attached hydrogen (secondary N) is 1. The highest BCUT2D eigenvalue weighted by Gasteiger charge is 2.50. The first-order valence-corrected chi connectivity index (χ1v) is 10.2. The number of aromatic nitrogens is 3. The van der Waals surface area contributed by atoms with Crippen LogP contribution >= 0.6 is 11.5 Å². The predicted molar refractivity (Wildman–Crippen MR) is 111 cm³/mol. The summed E-state index contributed by atoms with van der Waals surface area (Å²) in [7, 11) is 4.30. The molecule has 2 aliphatic rings. The van der Waals surface area contributed by atoms with Gasteiger partial charge in [-0.25, -0.2) is 4.98 Å². The minimum Gasteiger partial charge on any atom is -0.352 e. The monoisotopic (exact) mass is 398 g/mol. The smallest absolute Gasteiger partial charge is 0.229 e. The maximum Gasteiger partial charge on any atom is 0.229 e. The van der Waals surface area contributed by atoms with Gasteiger partial charge in [0.2, 0.25) is 5.95 Å². The van der Waals surface area contributed by atoms with Gasteiger partial charge >= 0.3 is 0 Å². The predicted octanol–water partition coefficient (Wildman–Crippen LogP) is 2.01. The lowest BCUT2D eigenvalue weighted by molar-refractivity contribution is -0.0197. The van der Waals surface area contributed by atoms with Gasteiger partial charge in [0.1, 0.15) is 10.8 Å². The average Bonchev–Trinajstić information content (AvgIpc) is 3.01. The summed E-state index contributed by atoms with van der Waals surface area (Å²) < 4.78 is 4.28. The van der Waals surface area contributed by atoms with Crippen LogP contribution in [-0.4, -0.2) is 76.0 Å². The highest BCUT2D eigenvalue weighted by atomic mass is 32.1. The summed E-state index contributed by atoms with van der Waals surface area (Å²) in [5.41, 5.74) is 1.93. The Balaban J connectivity index is 1.49. The van der Waals surface area contributed by atoms with Gasteiger partial charge in [-0.15, -0.1) is 0 Å². The zero-order chi connectivity index (χ0) is 19.9. The molecule has 0 aliphatic carbocycles. The van der Waals surface area contributed by atoms with Crippen LogP contribution in [0.2, 0.25) is 0 Å². The highest BCUT2D eigenvalue weighted by molar-refractivity contribution is 7.10. The van der Waals surface area contributed by atoms with Crippen molar-refractivity contribution in [2.45, 2.75) is 31.8 Å². The van der Waals surface area contributed by atoms with Gasteiger partial charge < -0.3 is 15.1 Å². The van der Waals surface area contributed by atoms with Crippen LogP contribution in [0.1, 0.15) is 17.7 Å². The van der Waals surface area contributed by atoms with E-state index >= 15 is 0 Å². The van der Waals surface area contributed by atoms with E-state index in [1.807, 2.05) is 26.1 Å². The third-order valence-corrected chi connectivity index (χ3v) is 6.62. The van der Waals surface area contributed by atoms with E-state index in [4.69, 9.17) is 4.98 Å². The van der Waals surface area contributed by atoms with Crippen molar-refractivity contribution in [2.24, 2.45) is 0 Å². The molecule has 0 saturated carbocycles. The Morgan fingerprint density at radius 2 is 2.14 bits per heavy atom. The highest BCUT2D eigenvalue weighted by Crippen LogP contribution is 2.37. The molecule has 4 rings (SSSR count). The molecule has 4 heterocycles. The molecule has 0 radical (unpaired) electrons. The van der Waals surface area contributed by atoms with Crippen molar-refractivity contribution in [3.05, 3.63) is 23.5 Å². The molecular weight excluding hydrogens is 372 g/mol. The molecule has 0 unspecified atom stereocenters. The van der Waals surface area contributed by atoms with Crippen LogP contribution in [0.25, 0.3) is 0 Å². The van der Waals surface area contributed by atoms with Crippen molar-refractivity contribution in [1.29, 1.82) is 5.26 Å². The van der Waals surface area contributed by atoms with Crippen molar-refractivity contribution < 1.29 is 0 Å². The topological polar surface area (TPSA) is 84.2 Å². The van der Waals surface area contributed by atoms with Crippen LogP contribution in [0.4, 0.5) is 16.8 Å². The second-order valence-corrected chi connectivity index (χ2v) is 8.86. The van der Waals surface area contributed by atoms with E-state index in [9.17, 15) is 5.26 Å². The average molecular weight is 399 g/mol. The lowest BCUT2D eigenvalue weighted by atomic mass is 9.82. The van der Waals surface area contributed by atoms with Gasteiger partial charge in [0.15, 0.2) is 0 Å². The number of nitrogens with zero attached hydrogens (tertiary/aromatic N) is 7. The van der Waals surface area contributed by atoms with E-state index in [0.29, 0.717) is 18.4 Å². The molecule has 9 heteroatoms. The van der Waals surface area contributed by atoms with Crippen LogP contribution in [0.15, 0.2) is 12.3 Å². The fourth-order valence-corrected chi connectivity index (χ4v) is 4.72. The van der Waals surface area contributed by atoms with E-state index in [1.54, 1.807) is 0 Å². The number of likely N-dealkylation sites (tertiary alicyclic amines) is 1. The Morgan fingerprint density at radius 1 is 1.39 bits per heavy atom. The van der Waals surface area contributed by atoms with Crippen LogP contribution in [0.5, 0.6) is 0 Å². The maximum atomic E-state index is 9.42. The Hall–Kier alpha value is -2.28. The molecule has 0 aromatic carbocycles. The first kappa shape index (κ1) is 19.1. The van der Waals surface area contributed by atoms with Gasteiger partial charge in [-0.3, -0.25) is 4.90 Å². The molecule has 1 N–H and O–H groups in total. The molecular formula is C19H26N8S. The minimum atomic E-state index is -0.0968. The van der Waals surface area contributed by atoms with Crippen LogP contribution in [0.3, 0.4) is 0 Å².